The molecule has 0 amide bonds. The standard InChI is InChI=1S/C48H36S/c1-48(2,3)37-24-20-32(21-25-37)47-40-18-8-7-17-39(40)46(31-12-5-4-6-13-31)41-26-22-35(30-43(41)47)33-14-11-15-34(28-33)36-23-27-45-42(29-36)38-16-9-10-19-44(38)49-45/h4-30H,1-3H3. The van der Waals surface area contributed by atoms with Crippen LogP contribution in [0.25, 0.3) is 86.2 Å². The number of fused-ring (bicyclic) bond motifs is 5. The molecule has 0 fully saturated rings. The van der Waals surface area contributed by atoms with Crippen molar-refractivity contribution in [3.8, 4) is 44.5 Å². The molecule has 234 valence electrons. The molecule has 0 atom stereocenters. The van der Waals surface area contributed by atoms with Gasteiger partial charge in [-0.1, -0.05) is 154 Å². The minimum atomic E-state index is 0.0963. The van der Waals surface area contributed by atoms with Crippen LogP contribution in [-0.2, 0) is 5.41 Å². The van der Waals surface area contributed by atoms with E-state index in [-0.39, 0.29) is 5.41 Å². The zero-order valence-corrected chi connectivity index (χ0v) is 28.8. The van der Waals surface area contributed by atoms with Gasteiger partial charge in [-0.05, 0) is 107 Å². The van der Waals surface area contributed by atoms with Gasteiger partial charge in [0.15, 0.2) is 0 Å². The van der Waals surface area contributed by atoms with Crippen molar-refractivity contribution in [2.75, 3.05) is 0 Å². The Hall–Kier alpha value is -5.50. The van der Waals surface area contributed by atoms with Gasteiger partial charge in [-0.25, -0.2) is 0 Å². The van der Waals surface area contributed by atoms with Gasteiger partial charge in [0.2, 0.25) is 0 Å². The predicted molar refractivity (Wildman–Crippen MR) is 215 cm³/mol. The van der Waals surface area contributed by atoms with Gasteiger partial charge in [-0.3, -0.25) is 0 Å². The number of benzene rings is 8. The van der Waals surface area contributed by atoms with Crippen molar-refractivity contribution in [1.29, 1.82) is 0 Å². The zero-order valence-electron chi connectivity index (χ0n) is 28.0. The van der Waals surface area contributed by atoms with E-state index in [1.54, 1.807) is 0 Å². The second-order valence-corrected chi connectivity index (χ2v) is 15.2. The van der Waals surface area contributed by atoms with E-state index in [1.807, 2.05) is 11.3 Å². The van der Waals surface area contributed by atoms with Crippen LogP contribution in [0.15, 0.2) is 164 Å². The van der Waals surface area contributed by atoms with Crippen molar-refractivity contribution in [1.82, 2.24) is 0 Å². The van der Waals surface area contributed by atoms with E-state index in [2.05, 4.69) is 185 Å². The van der Waals surface area contributed by atoms with Gasteiger partial charge in [0.1, 0.15) is 0 Å². The third-order valence-electron chi connectivity index (χ3n) is 10.0. The lowest BCUT2D eigenvalue weighted by atomic mass is 9.83. The Balaban J connectivity index is 1.26. The van der Waals surface area contributed by atoms with Crippen LogP contribution in [0.3, 0.4) is 0 Å². The van der Waals surface area contributed by atoms with E-state index in [0.717, 1.165) is 0 Å². The van der Waals surface area contributed by atoms with E-state index >= 15 is 0 Å². The van der Waals surface area contributed by atoms with Crippen molar-refractivity contribution in [3.05, 3.63) is 169 Å². The molecule has 0 saturated heterocycles. The first kappa shape index (κ1) is 29.6. The summed E-state index contributed by atoms with van der Waals surface area (Å²) >= 11 is 1.87. The van der Waals surface area contributed by atoms with Crippen molar-refractivity contribution < 1.29 is 0 Å². The summed E-state index contributed by atoms with van der Waals surface area (Å²) in [6.45, 7) is 6.84. The molecule has 0 aliphatic carbocycles. The van der Waals surface area contributed by atoms with E-state index in [0.29, 0.717) is 0 Å². The topological polar surface area (TPSA) is 0 Å². The Bertz CT molecular complexity index is 2670. The molecule has 0 bridgehead atoms. The second kappa shape index (κ2) is 11.6. The molecule has 0 aliphatic rings. The van der Waals surface area contributed by atoms with E-state index in [1.165, 1.54) is 91.8 Å². The summed E-state index contributed by atoms with van der Waals surface area (Å²) in [6, 6.07) is 60.8. The number of rotatable bonds is 4. The molecule has 0 radical (unpaired) electrons. The van der Waals surface area contributed by atoms with Crippen molar-refractivity contribution in [2.24, 2.45) is 0 Å². The van der Waals surface area contributed by atoms with E-state index in [4.69, 9.17) is 0 Å². The van der Waals surface area contributed by atoms with E-state index in [9.17, 15) is 0 Å². The number of hydrogen-bond acceptors (Lipinski definition) is 1. The fourth-order valence-corrected chi connectivity index (χ4v) is 8.59. The van der Waals surface area contributed by atoms with Crippen molar-refractivity contribution in [3.63, 3.8) is 0 Å². The summed E-state index contributed by atoms with van der Waals surface area (Å²) in [5, 5.41) is 7.77. The molecule has 49 heavy (non-hydrogen) atoms. The Morgan fingerprint density at radius 2 is 0.796 bits per heavy atom. The molecule has 1 aromatic heterocycles. The summed E-state index contributed by atoms with van der Waals surface area (Å²) in [5.41, 5.74) is 11.4. The molecular formula is C48H36S. The van der Waals surface area contributed by atoms with Gasteiger partial charge in [-0.2, -0.15) is 0 Å². The molecule has 8 aromatic carbocycles. The zero-order chi connectivity index (χ0) is 33.1. The van der Waals surface area contributed by atoms with Crippen LogP contribution in [0, 0.1) is 0 Å². The maximum absolute atomic E-state index is 2.43. The Morgan fingerprint density at radius 3 is 1.49 bits per heavy atom. The maximum atomic E-state index is 2.43. The van der Waals surface area contributed by atoms with Gasteiger partial charge < -0.3 is 0 Å². The normalized spacial score (nSPS) is 12.0. The van der Waals surface area contributed by atoms with Crippen molar-refractivity contribution >= 4 is 53.1 Å². The minimum absolute atomic E-state index is 0.0963. The third-order valence-corrected chi connectivity index (χ3v) is 11.2. The SMILES string of the molecule is CC(C)(C)c1ccc(-c2c3ccccc3c(-c3ccccc3)c3ccc(-c4cccc(-c5ccc6sc7ccccc7c6c5)c4)cc23)cc1. The largest absolute Gasteiger partial charge is 0.135 e. The van der Waals surface area contributed by atoms with Crippen molar-refractivity contribution in [2.45, 2.75) is 26.2 Å². The van der Waals surface area contributed by atoms with Gasteiger partial charge in [0, 0.05) is 20.2 Å². The summed E-state index contributed by atoms with van der Waals surface area (Å²) in [4.78, 5) is 0. The summed E-state index contributed by atoms with van der Waals surface area (Å²) in [6.07, 6.45) is 0. The quantitative estimate of drug-likeness (QED) is 0.167. The van der Waals surface area contributed by atoms with Crippen LogP contribution in [-0.4, -0.2) is 0 Å². The number of thiophene rings is 1. The molecule has 9 aromatic rings. The van der Waals surface area contributed by atoms with Crippen LogP contribution >= 0.6 is 11.3 Å². The van der Waals surface area contributed by atoms with Crippen LogP contribution in [0.1, 0.15) is 26.3 Å². The molecule has 0 saturated carbocycles. The Labute approximate surface area is 291 Å². The maximum Gasteiger partial charge on any atom is 0.0355 e. The molecule has 0 aliphatic heterocycles. The number of hydrogen-bond donors (Lipinski definition) is 0. The van der Waals surface area contributed by atoms with Gasteiger partial charge in [0.05, 0.1) is 0 Å². The monoisotopic (exact) mass is 644 g/mol. The van der Waals surface area contributed by atoms with Gasteiger partial charge in [-0.15, -0.1) is 11.3 Å². The third kappa shape index (κ3) is 5.14. The lowest BCUT2D eigenvalue weighted by molar-refractivity contribution is 0.590. The molecule has 1 heterocycles. The average Bonchev–Trinajstić information content (AvgIpc) is 3.52. The summed E-state index contributed by atoms with van der Waals surface area (Å²) in [5.74, 6) is 0. The lowest BCUT2D eigenvalue weighted by Gasteiger charge is -2.21. The molecule has 0 spiro atoms. The van der Waals surface area contributed by atoms with Gasteiger partial charge in [0.25, 0.3) is 0 Å². The van der Waals surface area contributed by atoms with Gasteiger partial charge >= 0.3 is 0 Å². The molecular weight excluding hydrogens is 609 g/mol. The lowest BCUT2D eigenvalue weighted by Crippen LogP contribution is -2.10. The first-order valence-corrected chi connectivity index (χ1v) is 17.9. The van der Waals surface area contributed by atoms with Crippen LogP contribution < -0.4 is 0 Å². The minimum Gasteiger partial charge on any atom is -0.135 e. The first-order chi connectivity index (χ1) is 23.9. The fraction of sp³-hybridized carbons (Fsp3) is 0.0833. The highest BCUT2D eigenvalue weighted by Gasteiger charge is 2.19. The average molecular weight is 645 g/mol. The smallest absolute Gasteiger partial charge is 0.0355 e. The molecule has 9 rings (SSSR count). The Kier molecular flexibility index (Phi) is 7.00. The predicted octanol–water partition coefficient (Wildman–Crippen LogP) is 14.3. The first-order valence-electron chi connectivity index (χ1n) is 17.1. The second-order valence-electron chi connectivity index (χ2n) is 14.1. The fourth-order valence-electron chi connectivity index (χ4n) is 7.51. The van der Waals surface area contributed by atoms with Crippen LogP contribution in [0.5, 0.6) is 0 Å². The highest BCUT2D eigenvalue weighted by atomic mass is 32.1. The highest BCUT2D eigenvalue weighted by molar-refractivity contribution is 7.25. The molecule has 0 N–H and O–H groups in total. The molecule has 0 nitrogen and oxygen atoms in total. The molecule has 1 heteroatoms. The summed E-state index contributed by atoms with van der Waals surface area (Å²) < 4.78 is 2.67. The summed E-state index contributed by atoms with van der Waals surface area (Å²) in [7, 11) is 0. The van der Waals surface area contributed by atoms with Crippen LogP contribution in [0.4, 0.5) is 0 Å². The molecule has 0 unspecified atom stereocenters. The Morgan fingerprint density at radius 1 is 0.327 bits per heavy atom. The highest BCUT2D eigenvalue weighted by Crippen LogP contribution is 2.45. The van der Waals surface area contributed by atoms with E-state index < -0.39 is 0 Å². The van der Waals surface area contributed by atoms with Crippen LogP contribution in [0.2, 0.25) is 0 Å².